The van der Waals surface area contributed by atoms with Gasteiger partial charge in [-0.3, -0.25) is 0 Å². The predicted molar refractivity (Wildman–Crippen MR) is 122 cm³/mol. The van der Waals surface area contributed by atoms with Crippen molar-refractivity contribution in [1.29, 1.82) is 0 Å². The fourth-order valence-electron chi connectivity index (χ4n) is 3.93. The average molecular weight is 415 g/mol. The Labute approximate surface area is 182 Å². The molecule has 0 amide bonds. The highest BCUT2D eigenvalue weighted by molar-refractivity contribution is 5.89. The first-order chi connectivity index (χ1) is 15.1. The molecule has 0 saturated carbocycles. The summed E-state index contributed by atoms with van der Waals surface area (Å²) in [7, 11) is 3.10. The Hall–Kier alpha value is -3.44. The Morgan fingerprint density at radius 2 is 1.81 bits per heavy atom. The van der Waals surface area contributed by atoms with Crippen molar-refractivity contribution < 1.29 is 14.3 Å². The zero-order valence-corrected chi connectivity index (χ0v) is 18.1. The lowest BCUT2D eigenvalue weighted by Crippen LogP contribution is -2.09. The number of imidazole rings is 1. The van der Waals surface area contributed by atoms with Crippen molar-refractivity contribution in [2.45, 2.75) is 19.9 Å². The second-order valence-corrected chi connectivity index (χ2v) is 7.56. The molecule has 0 aliphatic heterocycles. The summed E-state index contributed by atoms with van der Waals surface area (Å²) in [6.45, 7) is 3.42. The van der Waals surface area contributed by atoms with Crippen LogP contribution in [-0.2, 0) is 22.4 Å². The van der Waals surface area contributed by atoms with Crippen molar-refractivity contribution in [2.24, 2.45) is 0 Å². The highest BCUT2D eigenvalue weighted by atomic mass is 16.5. The van der Waals surface area contributed by atoms with Crippen molar-refractivity contribution in [3.05, 3.63) is 89.2 Å². The molecule has 1 aromatic heterocycles. The molecule has 4 aromatic rings. The van der Waals surface area contributed by atoms with Gasteiger partial charge < -0.3 is 14.0 Å². The van der Waals surface area contributed by atoms with Gasteiger partial charge in [-0.05, 0) is 53.4 Å². The van der Waals surface area contributed by atoms with Crippen molar-refractivity contribution in [1.82, 2.24) is 9.55 Å². The van der Waals surface area contributed by atoms with Crippen molar-refractivity contribution in [3.8, 4) is 11.1 Å². The van der Waals surface area contributed by atoms with E-state index in [0.29, 0.717) is 25.1 Å². The van der Waals surface area contributed by atoms with Crippen LogP contribution in [0.4, 0.5) is 0 Å². The molecule has 0 saturated heterocycles. The third-order valence-electron chi connectivity index (χ3n) is 5.49. The van der Waals surface area contributed by atoms with Crippen LogP contribution in [0, 0.1) is 6.92 Å². The molecular formula is C26H26N2O3. The number of hydrogen-bond donors (Lipinski definition) is 0. The Bertz CT molecular complexity index is 1210. The van der Waals surface area contributed by atoms with Gasteiger partial charge in [0.1, 0.15) is 5.82 Å². The van der Waals surface area contributed by atoms with Gasteiger partial charge in [-0.2, -0.15) is 0 Å². The van der Waals surface area contributed by atoms with Crippen molar-refractivity contribution >= 4 is 17.0 Å². The molecule has 0 atom stereocenters. The van der Waals surface area contributed by atoms with Gasteiger partial charge in [0, 0.05) is 20.1 Å². The van der Waals surface area contributed by atoms with Crippen LogP contribution in [0.1, 0.15) is 27.3 Å². The van der Waals surface area contributed by atoms with Crippen LogP contribution < -0.4 is 0 Å². The SMILES string of the molecule is COCCn1c(Cc2cccc(C(=O)OC)c2)nc2cc(C)c(-c3ccccc3)cc21. The third-order valence-corrected chi connectivity index (χ3v) is 5.49. The number of nitrogens with zero attached hydrogens (tertiary/aromatic N) is 2. The largest absolute Gasteiger partial charge is 0.465 e. The van der Waals surface area contributed by atoms with Gasteiger partial charge in [-0.1, -0.05) is 42.5 Å². The zero-order chi connectivity index (χ0) is 21.8. The maximum Gasteiger partial charge on any atom is 0.337 e. The van der Waals surface area contributed by atoms with Crippen LogP contribution in [0.25, 0.3) is 22.2 Å². The molecule has 0 aliphatic carbocycles. The van der Waals surface area contributed by atoms with E-state index in [0.717, 1.165) is 22.4 Å². The van der Waals surface area contributed by atoms with E-state index in [1.807, 2.05) is 24.3 Å². The van der Waals surface area contributed by atoms with Gasteiger partial charge in [-0.15, -0.1) is 0 Å². The molecule has 158 valence electrons. The summed E-state index contributed by atoms with van der Waals surface area (Å²) in [6, 6.07) is 22.3. The first kappa shape index (κ1) is 20.8. The van der Waals surface area contributed by atoms with Crippen LogP contribution in [0.2, 0.25) is 0 Å². The van der Waals surface area contributed by atoms with E-state index in [4.69, 9.17) is 14.5 Å². The predicted octanol–water partition coefficient (Wildman–Crippen LogP) is 5.04. The molecule has 0 radical (unpaired) electrons. The van der Waals surface area contributed by atoms with E-state index in [1.165, 1.54) is 23.8 Å². The normalized spacial score (nSPS) is 11.1. The van der Waals surface area contributed by atoms with Gasteiger partial charge in [0.2, 0.25) is 0 Å². The molecule has 0 spiro atoms. The molecule has 0 fully saturated rings. The average Bonchev–Trinajstić information content (AvgIpc) is 3.12. The fraction of sp³-hybridized carbons (Fsp3) is 0.231. The van der Waals surface area contributed by atoms with Gasteiger partial charge in [0.05, 0.1) is 30.3 Å². The van der Waals surface area contributed by atoms with Gasteiger partial charge in [0.15, 0.2) is 0 Å². The fourth-order valence-corrected chi connectivity index (χ4v) is 3.93. The number of carbonyl (C=O) groups excluding carboxylic acids is 1. The maximum absolute atomic E-state index is 11.9. The lowest BCUT2D eigenvalue weighted by atomic mass is 10.00. The van der Waals surface area contributed by atoms with E-state index < -0.39 is 0 Å². The number of fused-ring (bicyclic) bond motifs is 1. The molecule has 0 unspecified atom stereocenters. The Kier molecular flexibility index (Phi) is 6.14. The van der Waals surface area contributed by atoms with Crippen molar-refractivity contribution in [3.63, 3.8) is 0 Å². The van der Waals surface area contributed by atoms with Gasteiger partial charge >= 0.3 is 5.97 Å². The molecule has 5 heteroatoms. The molecule has 5 nitrogen and oxygen atoms in total. The van der Waals surface area contributed by atoms with Gasteiger partial charge in [-0.25, -0.2) is 9.78 Å². The van der Waals surface area contributed by atoms with Crippen LogP contribution in [-0.4, -0.2) is 36.3 Å². The lowest BCUT2D eigenvalue weighted by molar-refractivity contribution is 0.0600. The van der Waals surface area contributed by atoms with Crippen LogP contribution in [0.15, 0.2) is 66.7 Å². The third kappa shape index (κ3) is 4.37. The monoisotopic (exact) mass is 414 g/mol. The number of aromatic nitrogens is 2. The van der Waals surface area contributed by atoms with Crippen LogP contribution >= 0.6 is 0 Å². The Morgan fingerprint density at radius 1 is 1.00 bits per heavy atom. The zero-order valence-electron chi connectivity index (χ0n) is 18.1. The maximum atomic E-state index is 11.9. The van der Waals surface area contributed by atoms with Crippen molar-refractivity contribution in [2.75, 3.05) is 20.8 Å². The molecule has 0 aliphatic rings. The molecule has 31 heavy (non-hydrogen) atoms. The minimum Gasteiger partial charge on any atom is -0.465 e. The Morgan fingerprint density at radius 3 is 2.55 bits per heavy atom. The van der Waals surface area contributed by atoms with E-state index in [9.17, 15) is 4.79 Å². The smallest absolute Gasteiger partial charge is 0.337 e. The molecule has 1 heterocycles. The number of methoxy groups -OCH3 is 2. The molecule has 4 rings (SSSR count). The summed E-state index contributed by atoms with van der Waals surface area (Å²) >= 11 is 0. The Balaban J connectivity index is 1.79. The molecule has 0 bridgehead atoms. The minimum absolute atomic E-state index is 0.335. The number of carbonyl (C=O) groups is 1. The number of ether oxygens (including phenoxy) is 2. The first-order valence-electron chi connectivity index (χ1n) is 10.3. The molecule has 0 N–H and O–H groups in total. The standard InChI is InChI=1S/C26H26N2O3/c1-18-14-23-24(17-22(18)20-9-5-4-6-10-20)28(12-13-30-2)25(27-23)16-19-8-7-11-21(15-19)26(29)31-3/h4-11,14-15,17H,12-13,16H2,1-3H3. The van der Waals surface area contributed by atoms with E-state index in [2.05, 4.69) is 47.9 Å². The lowest BCUT2D eigenvalue weighted by Gasteiger charge is -2.11. The summed E-state index contributed by atoms with van der Waals surface area (Å²) in [5, 5.41) is 0. The molecule has 3 aromatic carbocycles. The summed E-state index contributed by atoms with van der Waals surface area (Å²) < 4.78 is 12.4. The topological polar surface area (TPSA) is 53.4 Å². The highest BCUT2D eigenvalue weighted by Gasteiger charge is 2.15. The van der Waals surface area contributed by atoms with Gasteiger partial charge in [0.25, 0.3) is 0 Å². The second kappa shape index (κ2) is 9.14. The minimum atomic E-state index is -0.335. The number of aryl methyl sites for hydroxylation is 1. The summed E-state index contributed by atoms with van der Waals surface area (Å²) in [6.07, 6.45) is 0.614. The van der Waals surface area contributed by atoms with E-state index >= 15 is 0 Å². The van der Waals surface area contributed by atoms with Crippen LogP contribution in [0.5, 0.6) is 0 Å². The number of hydrogen-bond acceptors (Lipinski definition) is 4. The first-order valence-corrected chi connectivity index (χ1v) is 10.3. The van der Waals surface area contributed by atoms with E-state index in [1.54, 1.807) is 13.2 Å². The second-order valence-electron chi connectivity index (χ2n) is 7.56. The number of esters is 1. The molecular weight excluding hydrogens is 388 g/mol. The summed E-state index contributed by atoms with van der Waals surface area (Å²) in [5.74, 6) is 0.608. The number of rotatable bonds is 7. The summed E-state index contributed by atoms with van der Waals surface area (Å²) in [4.78, 5) is 16.9. The highest BCUT2D eigenvalue weighted by Crippen LogP contribution is 2.29. The van der Waals surface area contributed by atoms with Crippen LogP contribution in [0.3, 0.4) is 0 Å². The van der Waals surface area contributed by atoms with E-state index in [-0.39, 0.29) is 5.97 Å². The number of benzene rings is 3. The quantitative estimate of drug-likeness (QED) is 0.398. The summed E-state index contributed by atoms with van der Waals surface area (Å²) in [5.41, 5.74) is 7.18.